The number of nitrogens with one attached hydrogen (secondary N) is 1. The van der Waals surface area contributed by atoms with E-state index < -0.39 is 0 Å². The average Bonchev–Trinajstić information content (AvgIpc) is 2.91. The van der Waals surface area contributed by atoms with Crippen molar-refractivity contribution in [2.45, 2.75) is 26.3 Å². The summed E-state index contributed by atoms with van der Waals surface area (Å²) < 4.78 is 5.49. The summed E-state index contributed by atoms with van der Waals surface area (Å²) in [4.78, 5) is 2.11. The summed E-state index contributed by atoms with van der Waals surface area (Å²) in [5, 5.41) is 3.55. The molecule has 0 aliphatic rings. The molecule has 0 saturated heterocycles. The summed E-state index contributed by atoms with van der Waals surface area (Å²) >= 11 is 0. The first kappa shape index (κ1) is 13.5. The zero-order valence-corrected chi connectivity index (χ0v) is 12.1. The van der Waals surface area contributed by atoms with Crippen molar-refractivity contribution in [3.8, 4) is 0 Å². The third-order valence-corrected chi connectivity index (χ3v) is 3.35. The molecule has 102 valence electrons. The van der Waals surface area contributed by atoms with Crippen LogP contribution in [0.15, 0.2) is 41.0 Å². The van der Waals surface area contributed by atoms with Gasteiger partial charge in [-0.2, -0.15) is 0 Å². The molecule has 19 heavy (non-hydrogen) atoms. The summed E-state index contributed by atoms with van der Waals surface area (Å²) in [6, 6.07) is 10.6. The molecule has 0 aliphatic heterocycles. The van der Waals surface area contributed by atoms with Crippen molar-refractivity contribution in [2.75, 3.05) is 24.3 Å². The van der Waals surface area contributed by atoms with Crippen molar-refractivity contribution in [2.24, 2.45) is 0 Å². The van der Waals surface area contributed by atoms with Crippen LogP contribution in [0.3, 0.4) is 0 Å². The second-order valence-corrected chi connectivity index (χ2v) is 5.01. The Morgan fingerprint density at radius 3 is 2.58 bits per heavy atom. The Bertz CT molecular complexity index is 518. The Morgan fingerprint density at radius 2 is 2.05 bits per heavy atom. The number of aryl methyl sites for hydroxylation is 1. The van der Waals surface area contributed by atoms with Crippen LogP contribution in [0.25, 0.3) is 0 Å². The number of hydrogen-bond donors (Lipinski definition) is 1. The molecule has 0 radical (unpaired) electrons. The van der Waals surface area contributed by atoms with E-state index in [1.807, 2.05) is 12.1 Å². The molecule has 1 heterocycles. The van der Waals surface area contributed by atoms with E-state index in [4.69, 9.17) is 4.42 Å². The average molecular weight is 258 g/mol. The lowest BCUT2D eigenvalue weighted by Gasteiger charge is -2.20. The first-order chi connectivity index (χ1) is 9.11. The molecule has 0 fully saturated rings. The summed E-state index contributed by atoms with van der Waals surface area (Å²) in [5.74, 6) is 0.985. The van der Waals surface area contributed by atoms with Crippen LogP contribution in [0.1, 0.15) is 30.7 Å². The first-order valence-corrected chi connectivity index (χ1v) is 6.69. The molecule has 3 heteroatoms. The zero-order chi connectivity index (χ0) is 13.8. The van der Waals surface area contributed by atoms with Gasteiger partial charge in [0.2, 0.25) is 0 Å². The molecule has 3 nitrogen and oxygen atoms in total. The van der Waals surface area contributed by atoms with Crippen molar-refractivity contribution < 1.29 is 4.42 Å². The Kier molecular flexibility index (Phi) is 4.15. The van der Waals surface area contributed by atoms with Crippen molar-refractivity contribution >= 4 is 11.4 Å². The van der Waals surface area contributed by atoms with Gasteiger partial charge < -0.3 is 14.6 Å². The molecule has 1 aromatic carbocycles. The predicted octanol–water partition coefficient (Wildman–Crippen LogP) is 4.22. The Balaban J connectivity index is 2.18. The zero-order valence-electron chi connectivity index (χ0n) is 12.1. The van der Waals surface area contributed by atoms with E-state index in [0.717, 1.165) is 17.9 Å². The van der Waals surface area contributed by atoms with Crippen LogP contribution < -0.4 is 10.2 Å². The van der Waals surface area contributed by atoms with Crippen LogP contribution in [0.5, 0.6) is 0 Å². The molecule has 0 spiro atoms. The molecule has 0 saturated carbocycles. The van der Waals surface area contributed by atoms with Gasteiger partial charge in [-0.1, -0.05) is 6.92 Å². The van der Waals surface area contributed by atoms with E-state index >= 15 is 0 Å². The Morgan fingerprint density at radius 1 is 1.26 bits per heavy atom. The minimum absolute atomic E-state index is 0.221. The highest BCUT2D eigenvalue weighted by atomic mass is 16.3. The second kappa shape index (κ2) is 5.83. The maximum absolute atomic E-state index is 5.49. The molecular weight excluding hydrogens is 236 g/mol. The standard InChI is InChI=1S/C16H22N2O/c1-5-14(16-7-6-10-19-16)17-15-9-8-13(18(3)4)11-12(15)2/h6-11,14,17H,5H2,1-4H3. The van der Waals surface area contributed by atoms with E-state index in [0.29, 0.717) is 0 Å². The van der Waals surface area contributed by atoms with Gasteiger partial charge in [0, 0.05) is 25.5 Å². The van der Waals surface area contributed by atoms with Crippen LogP contribution in [0.4, 0.5) is 11.4 Å². The van der Waals surface area contributed by atoms with Gasteiger partial charge in [0.1, 0.15) is 5.76 Å². The fourth-order valence-electron chi connectivity index (χ4n) is 2.14. The maximum atomic E-state index is 5.49. The van der Waals surface area contributed by atoms with Gasteiger partial charge in [0.25, 0.3) is 0 Å². The normalized spacial score (nSPS) is 12.2. The SMILES string of the molecule is CCC(Nc1ccc(N(C)C)cc1C)c1ccco1. The molecule has 1 atom stereocenters. The van der Waals surface area contributed by atoms with Gasteiger partial charge in [0.05, 0.1) is 12.3 Å². The molecular formula is C16H22N2O. The summed E-state index contributed by atoms with van der Waals surface area (Å²) in [6.45, 7) is 4.29. The number of hydrogen-bond acceptors (Lipinski definition) is 3. The summed E-state index contributed by atoms with van der Waals surface area (Å²) in [7, 11) is 4.11. The van der Waals surface area contributed by atoms with Gasteiger partial charge in [0.15, 0.2) is 0 Å². The van der Waals surface area contributed by atoms with E-state index in [2.05, 4.69) is 56.4 Å². The molecule has 0 amide bonds. The fourth-order valence-corrected chi connectivity index (χ4v) is 2.14. The largest absolute Gasteiger partial charge is 0.467 e. The highest BCUT2D eigenvalue weighted by Crippen LogP contribution is 2.27. The molecule has 2 aromatic rings. The lowest BCUT2D eigenvalue weighted by Crippen LogP contribution is -2.11. The quantitative estimate of drug-likeness (QED) is 0.870. The lowest BCUT2D eigenvalue weighted by molar-refractivity contribution is 0.474. The monoisotopic (exact) mass is 258 g/mol. The highest BCUT2D eigenvalue weighted by molar-refractivity contribution is 5.60. The van der Waals surface area contributed by atoms with E-state index in [-0.39, 0.29) is 6.04 Å². The van der Waals surface area contributed by atoms with Gasteiger partial charge in [-0.05, 0) is 49.2 Å². The number of anilines is 2. The lowest BCUT2D eigenvalue weighted by atomic mass is 10.1. The molecule has 1 N–H and O–H groups in total. The second-order valence-electron chi connectivity index (χ2n) is 5.01. The molecule has 1 aromatic heterocycles. The number of nitrogens with zero attached hydrogens (tertiary/aromatic N) is 1. The number of furan rings is 1. The van der Waals surface area contributed by atoms with Crippen LogP contribution in [-0.4, -0.2) is 14.1 Å². The number of benzene rings is 1. The predicted molar refractivity (Wildman–Crippen MR) is 80.9 cm³/mol. The van der Waals surface area contributed by atoms with Crippen molar-refractivity contribution in [3.05, 3.63) is 47.9 Å². The van der Waals surface area contributed by atoms with Crippen molar-refractivity contribution in [3.63, 3.8) is 0 Å². The molecule has 0 aliphatic carbocycles. The van der Waals surface area contributed by atoms with Crippen LogP contribution in [-0.2, 0) is 0 Å². The maximum Gasteiger partial charge on any atom is 0.125 e. The van der Waals surface area contributed by atoms with Crippen LogP contribution in [0, 0.1) is 6.92 Å². The van der Waals surface area contributed by atoms with E-state index in [9.17, 15) is 0 Å². The summed E-state index contributed by atoms with van der Waals surface area (Å²) in [5.41, 5.74) is 3.62. The molecule has 0 bridgehead atoms. The fraction of sp³-hybridized carbons (Fsp3) is 0.375. The van der Waals surface area contributed by atoms with Crippen LogP contribution >= 0.6 is 0 Å². The van der Waals surface area contributed by atoms with Gasteiger partial charge >= 0.3 is 0 Å². The van der Waals surface area contributed by atoms with Gasteiger partial charge in [-0.15, -0.1) is 0 Å². The Labute approximate surface area is 115 Å². The Hall–Kier alpha value is -1.90. The minimum atomic E-state index is 0.221. The minimum Gasteiger partial charge on any atom is -0.467 e. The van der Waals surface area contributed by atoms with Crippen LogP contribution in [0.2, 0.25) is 0 Å². The van der Waals surface area contributed by atoms with E-state index in [1.165, 1.54) is 11.3 Å². The summed E-state index contributed by atoms with van der Waals surface area (Å²) in [6.07, 6.45) is 2.71. The van der Waals surface area contributed by atoms with Gasteiger partial charge in [-0.3, -0.25) is 0 Å². The van der Waals surface area contributed by atoms with Crippen molar-refractivity contribution in [1.82, 2.24) is 0 Å². The van der Waals surface area contributed by atoms with E-state index in [1.54, 1.807) is 6.26 Å². The number of rotatable bonds is 5. The highest BCUT2D eigenvalue weighted by Gasteiger charge is 2.13. The molecule has 2 rings (SSSR count). The third kappa shape index (κ3) is 3.11. The molecule has 1 unspecified atom stereocenters. The van der Waals surface area contributed by atoms with Crippen molar-refractivity contribution in [1.29, 1.82) is 0 Å². The van der Waals surface area contributed by atoms with Gasteiger partial charge in [-0.25, -0.2) is 0 Å². The topological polar surface area (TPSA) is 28.4 Å². The smallest absolute Gasteiger partial charge is 0.125 e. The third-order valence-electron chi connectivity index (χ3n) is 3.35. The first-order valence-electron chi connectivity index (χ1n) is 6.69.